The van der Waals surface area contributed by atoms with Gasteiger partial charge < -0.3 is 4.90 Å². The minimum absolute atomic E-state index is 0.192. The third kappa shape index (κ3) is 2.55. The Morgan fingerprint density at radius 1 is 1.38 bits per heavy atom. The number of hydrogen-bond acceptors (Lipinski definition) is 4. The van der Waals surface area contributed by atoms with Crippen LogP contribution in [0, 0.1) is 0 Å². The van der Waals surface area contributed by atoms with E-state index in [1.54, 1.807) is 26.0 Å². The number of carbonyl (C=O) groups is 2. The smallest absolute Gasteiger partial charge is 0.271 e. The maximum atomic E-state index is 12.0. The highest BCUT2D eigenvalue weighted by Crippen LogP contribution is 2.23. The SMILES string of the molecule is CC(C)SC1C(=O)N=C(N(C)C)N(C)C1=O. The van der Waals surface area contributed by atoms with Crippen LogP contribution >= 0.6 is 11.8 Å². The van der Waals surface area contributed by atoms with Gasteiger partial charge in [-0.3, -0.25) is 14.5 Å². The molecule has 5 nitrogen and oxygen atoms in total. The van der Waals surface area contributed by atoms with Crippen LogP contribution in [0.1, 0.15) is 13.8 Å². The number of carbonyl (C=O) groups excluding carboxylic acids is 2. The highest BCUT2D eigenvalue weighted by Gasteiger charge is 2.37. The quantitative estimate of drug-likeness (QED) is 0.659. The summed E-state index contributed by atoms with van der Waals surface area (Å²) < 4.78 is 0. The van der Waals surface area contributed by atoms with Gasteiger partial charge in [0.1, 0.15) is 0 Å². The number of nitrogens with zero attached hydrogens (tertiary/aromatic N) is 3. The molecule has 0 aliphatic carbocycles. The van der Waals surface area contributed by atoms with E-state index in [9.17, 15) is 9.59 Å². The van der Waals surface area contributed by atoms with Gasteiger partial charge in [-0.1, -0.05) is 13.8 Å². The van der Waals surface area contributed by atoms with Crippen LogP contribution in [0.25, 0.3) is 0 Å². The lowest BCUT2D eigenvalue weighted by atomic mass is 10.3. The third-order valence-corrected chi connectivity index (χ3v) is 3.32. The average Bonchev–Trinajstić information content (AvgIpc) is 2.17. The molecule has 0 bridgehead atoms. The topological polar surface area (TPSA) is 53.0 Å². The van der Waals surface area contributed by atoms with Crippen molar-refractivity contribution in [1.82, 2.24) is 9.80 Å². The lowest BCUT2D eigenvalue weighted by molar-refractivity contribution is -0.132. The van der Waals surface area contributed by atoms with Gasteiger partial charge in [0.2, 0.25) is 5.96 Å². The maximum Gasteiger partial charge on any atom is 0.271 e. The zero-order valence-electron chi connectivity index (χ0n) is 10.2. The minimum Gasteiger partial charge on any atom is -0.348 e. The molecule has 1 rings (SSSR count). The molecule has 0 radical (unpaired) electrons. The van der Waals surface area contributed by atoms with Crippen molar-refractivity contribution in [2.75, 3.05) is 21.1 Å². The van der Waals surface area contributed by atoms with Gasteiger partial charge in [-0.2, -0.15) is 4.99 Å². The molecule has 0 aromatic rings. The summed E-state index contributed by atoms with van der Waals surface area (Å²) in [6.45, 7) is 3.91. The van der Waals surface area contributed by atoms with E-state index >= 15 is 0 Å². The minimum atomic E-state index is -0.686. The number of rotatable bonds is 2. The zero-order valence-corrected chi connectivity index (χ0v) is 11.0. The van der Waals surface area contributed by atoms with Gasteiger partial charge in [0.25, 0.3) is 11.8 Å². The van der Waals surface area contributed by atoms with E-state index < -0.39 is 5.25 Å². The van der Waals surface area contributed by atoms with Gasteiger partial charge in [0, 0.05) is 26.4 Å². The lowest BCUT2D eigenvalue weighted by Crippen LogP contribution is -2.52. The second kappa shape index (κ2) is 4.86. The van der Waals surface area contributed by atoms with Crippen LogP contribution in [0.15, 0.2) is 4.99 Å². The lowest BCUT2D eigenvalue weighted by Gasteiger charge is -2.31. The molecule has 0 spiro atoms. The second-order valence-corrected chi connectivity index (χ2v) is 5.79. The highest BCUT2D eigenvalue weighted by molar-refractivity contribution is 8.01. The highest BCUT2D eigenvalue weighted by atomic mass is 32.2. The van der Waals surface area contributed by atoms with Crippen molar-refractivity contribution in [3.8, 4) is 0 Å². The van der Waals surface area contributed by atoms with E-state index in [4.69, 9.17) is 0 Å². The molecule has 0 saturated carbocycles. The summed E-state index contributed by atoms with van der Waals surface area (Å²) in [6.07, 6.45) is 0. The van der Waals surface area contributed by atoms with E-state index in [2.05, 4.69) is 4.99 Å². The van der Waals surface area contributed by atoms with Crippen LogP contribution in [0.5, 0.6) is 0 Å². The Kier molecular flexibility index (Phi) is 3.96. The molecule has 1 aliphatic rings. The van der Waals surface area contributed by atoms with E-state index in [-0.39, 0.29) is 17.1 Å². The predicted octanol–water partition coefficient (Wildman–Crippen LogP) is 0.413. The summed E-state index contributed by atoms with van der Waals surface area (Å²) in [4.78, 5) is 30.7. The summed E-state index contributed by atoms with van der Waals surface area (Å²) >= 11 is 1.34. The average molecular weight is 243 g/mol. The van der Waals surface area contributed by atoms with Gasteiger partial charge in [-0.05, 0) is 0 Å². The first-order chi connectivity index (χ1) is 7.34. The molecule has 1 unspecified atom stereocenters. The van der Waals surface area contributed by atoms with Crippen molar-refractivity contribution in [3.63, 3.8) is 0 Å². The molecule has 6 heteroatoms. The van der Waals surface area contributed by atoms with Crippen molar-refractivity contribution in [3.05, 3.63) is 0 Å². The van der Waals surface area contributed by atoms with Crippen LogP contribution in [-0.2, 0) is 9.59 Å². The fraction of sp³-hybridized carbons (Fsp3) is 0.700. The van der Waals surface area contributed by atoms with Gasteiger partial charge in [0.15, 0.2) is 5.25 Å². The Hall–Kier alpha value is -1.04. The molecular weight excluding hydrogens is 226 g/mol. The molecular formula is C10H17N3O2S. The number of thioether (sulfide) groups is 1. The number of hydrogen-bond donors (Lipinski definition) is 0. The van der Waals surface area contributed by atoms with E-state index in [0.717, 1.165) is 0 Å². The number of amides is 2. The fourth-order valence-electron chi connectivity index (χ4n) is 1.40. The van der Waals surface area contributed by atoms with E-state index in [0.29, 0.717) is 5.96 Å². The molecule has 0 N–H and O–H groups in total. The predicted molar refractivity (Wildman–Crippen MR) is 65.4 cm³/mol. The van der Waals surface area contributed by atoms with Crippen molar-refractivity contribution >= 4 is 29.5 Å². The van der Waals surface area contributed by atoms with Crippen molar-refractivity contribution in [2.45, 2.75) is 24.3 Å². The molecule has 1 heterocycles. The van der Waals surface area contributed by atoms with Gasteiger partial charge in [-0.15, -0.1) is 11.8 Å². The Morgan fingerprint density at radius 3 is 2.38 bits per heavy atom. The molecule has 16 heavy (non-hydrogen) atoms. The third-order valence-electron chi connectivity index (χ3n) is 2.10. The van der Waals surface area contributed by atoms with Gasteiger partial charge >= 0.3 is 0 Å². The summed E-state index contributed by atoms with van der Waals surface area (Å²) in [7, 11) is 5.15. The molecule has 1 aliphatic heterocycles. The summed E-state index contributed by atoms with van der Waals surface area (Å²) in [5.41, 5.74) is 0. The van der Waals surface area contributed by atoms with Gasteiger partial charge in [0.05, 0.1) is 0 Å². The number of aliphatic imine (C=N–C) groups is 1. The molecule has 1 atom stereocenters. The Bertz CT molecular complexity index is 339. The summed E-state index contributed by atoms with van der Waals surface area (Å²) in [5, 5.41) is -0.462. The fourth-order valence-corrected chi connectivity index (χ4v) is 2.39. The Balaban J connectivity index is 2.96. The molecule has 90 valence electrons. The van der Waals surface area contributed by atoms with Crippen molar-refractivity contribution < 1.29 is 9.59 Å². The standard InChI is InChI=1S/C10H17N3O2S/c1-6(2)16-7-8(14)11-10(12(3)4)13(5)9(7)15/h6-7H,1-5H3. The summed E-state index contributed by atoms with van der Waals surface area (Å²) in [6, 6.07) is 0. The van der Waals surface area contributed by atoms with Crippen LogP contribution in [0.3, 0.4) is 0 Å². The Morgan fingerprint density at radius 2 is 1.94 bits per heavy atom. The molecule has 0 aromatic heterocycles. The van der Waals surface area contributed by atoms with Crippen LogP contribution in [-0.4, -0.2) is 59.2 Å². The van der Waals surface area contributed by atoms with E-state index in [1.807, 2.05) is 13.8 Å². The second-order valence-electron chi connectivity index (χ2n) is 4.11. The molecule has 0 saturated heterocycles. The summed E-state index contributed by atoms with van der Waals surface area (Å²) in [5.74, 6) is -0.150. The van der Waals surface area contributed by atoms with Crippen LogP contribution < -0.4 is 0 Å². The zero-order chi connectivity index (χ0) is 12.5. The normalized spacial score (nSPS) is 21.5. The van der Waals surface area contributed by atoms with E-state index in [1.165, 1.54) is 16.7 Å². The van der Waals surface area contributed by atoms with Gasteiger partial charge in [-0.25, -0.2) is 0 Å². The first-order valence-electron chi connectivity index (χ1n) is 5.07. The molecule has 0 fully saturated rings. The number of guanidine groups is 1. The largest absolute Gasteiger partial charge is 0.348 e. The van der Waals surface area contributed by atoms with Crippen LogP contribution in [0.2, 0.25) is 0 Å². The van der Waals surface area contributed by atoms with Crippen molar-refractivity contribution in [2.24, 2.45) is 4.99 Å². The van der Waals surface area contributed by atoms with Crippen LogP contribution in [0.4, 0.5) is 0 Å². The first-order valence-corrected chi connectivity index (χ1v) is 6.01. The molecule has 0 aromatic carbocycles. The van der Waals surface area contributed by atoms with Crippen molar-refractivity contribution in [1.29, 1.82) is 0 Å². The molecule has 2 amide bonds. The Labute approximate surface area is 99.9 Å². The maximum absolute atomic E-state index is 12.0. The first kappa shape index (κ1) is 13.0. The monoisotopic (exact) mass is 243 g/mol.